The Morgan fingerprint density at radius 2 is 1.89 bits per heavy atom. The molecule has 1 rings (SSSR count). The monoisotopic (exact) mass is 198 g/mol. The second-order valence-corrected chi connectivity index (χ2v) is 2.59. The zero-order chi connectivity index (χ0) is 6.15. The van der Waals surface area contributed by atoms with Gasteiger partial charge in [0.05, 0.1) is 0 Å². The molecule has 0 nitrogen and oxygen atoms in total. The van der Waals surface area contributed by atoms with Crippen molar-refractivity contribution >= 4 is 0 Å². The van der Waals surface area contributed by atoms with Gasteiger partial charge in [0.15, 0.2) is 0 Å². The zero-order valence-electron chi connectivity index (χ0n) is 6.23. The quantitative estimate of drug-likeness (QED) is 0.562. The Bertz CT molecular complexity index is 154. The Kier molecular flexibility index (Phi) is 3.65. The van der Waals surface area contributed by atoms with Crippen LogP contribution in [0.15, 0.2) is 23.3 Å². The van der Waals surface area contributed by atoms with Crippen LogP contribution >= 0.6 is 0 Å². The summed E-state index contributed by atoms with van der Waals surface area (Å²) in [5, 5.41) is 0. The fraction of sp³-hybridized carbons (Fsp3) is 0.500. The van der Waals surface area contributed by atoms with Crippen molar-refractivity contribution in [3.8, 4) is 0 Å². The number of hydrogen-bond acceptors (Lipinski definition) is 0. The third-order valence-corrected chi connectivity index (χ3v) is 1.69. The van der Waals surface area contributed by atoms with Crippen LogP contribution < -0.4 is 0 Å². The fourth-order valence-corrected chi connectivity index (χ4v) is 1.06. The first-order valence-electron chi connectivity index (χ1n) is 3.07. The number of hydrogen-bond donors (Lipinski definition) is 0. The second-order valence-electron chi connectivity index (χ2n) is 2.59. The summed E-state index contributed by atoms with van der Waals surface area (Å²) >= 11 is 0. The standard InChI is InChI=1S/C8H12.Zr/c1-6-4-7(2)8(3)5-6;/h4-5,7H,1-3H3;. The van der Waals surface area contributed by atoms with E-state index in [9.17, 15) is 0 Å². The Balaban J connectivity index is 0.000000640. The van der Waals surface area contributed by atoms with Crippen LogP contribution in [0.2, 0.25) is 0 Å². The van der Waals surface area contributed by atoms with E-state index in [1.165, 1.54) is 11.1 Å². The topological polar surface area (TPSA) is 0 Å². The normalized spacial score (nSPS) is 24.6. The van der Waals surface area contributed by atoms with Crippen molar-refractivity contribution in [3.05, 3.63) is 23.3 Å². The molecule has 0 saturated carbocycles. The summed E-state index contributed by atoms with van der Waals surface area (Å²) in [6.07, 6.45) is 4.53. The number of allylic oxidation sites excluding steroid dienone is 4. The van der Waals surface area contributed by atoms with E-state index in [0.717, 1.165) is 0 Å². The van der Waals surface area contributed by atoms with Crippen molar-refractivity contribution < 1.29 is 26.2 Å². The van der Waals surface area contributed by atoms with Crippen LogP contribution in [-0.2, 0) is 26.2 Å². The molecular weight excluding hydrogens is 187 g/mol. The van der Waals surface area contributed by atoms with Crippen molar-refractivity contribution in [1.29, 1.82) is 0 Å². The largest absolute Gasteiger partial charge is 0.0747 e. The van der Waals surface area contributed by atoms with Crippen LogP contribution in [0.5, 0.6) is 0 Å². The molecule has 1 aliphatic rings. The van der Waals surface area contributed by atoms with Crippen molar-refractivity contribution in [2.75, 3.05) is 0 Å². The molecule has 0 aromatic carbocycles. The van der Waals surface area contributed by atoms with Crippen LogP contribution in [0.25, 0.3) is 0 Å². The summed E-state index contributed by atoms with van der Waals surface area (Å²) in [7, 11) is 0. The van der Waals surface area contributed by atoms with Gasteiger partial charge >= 0.3 is 0 Å². The van der Waals surface area contributed by atoms with E-state index in [1.807, 2.05) is 0 Å². The predicted molar refractivity (Wildman–Crippen MR) is 36.7 cm³/mol. The van der Waals surface area contributed by atoms with Gasteiger partial charge in [0.25, 0.3) is 0 Å². The molecule has 0 amide bonds. The molecule has 48 valence electrons. The molecule has 0 aromatic heterocycles. The van der Waals surface area contributed by atoms with Crippen LogP contribution in [-0.4, -0.2) is 0 Å². The van der Waals surface area contributed by atoms with Crippen LogP contribution in [0.3, 0.4) is 0 Å². The van der Waals surface area contributed by atoms with Gasteiger partial charge in [-0.1, -0.05) is 30.2 Å². The first-order chi connectivity index (χ1) is 3.70. The van der Waals surface area contributed by atoms with Gasteiger partial charge in [-0.05, 0) is 19.8 Å². The Morgan fingerprint density at radius 3 is 2.00 bits per heavy atom. The molecule has 0 heterocycles. The Hall–Kier alpha value is 0.363. The molecule has 1 heteroatoms. The molecule has 1 unspecified atom stereocenters. The second kappa shape index (κ2) is 3.51. The third-order valence-electron chi connectivity index (χ3n) is 1.69. The van der Waals surface area contributed by atoms with Gasteiger partial charge in [0.1, 0.15) is 0 Å². The van der Waals surface area contributed by atoms with Gasteiger partial charge in [-0.25, -0.2) is 0 Å². The summed E-state index contributed by atoms with van der Waals surface area (Å²) in [4.78, 5) is 0. The molecule has 1 atom stereocenters. The zero-order valence-corrected chi connectivity index (χ0v) is 8.69. The average molecular weight is 199 g/mol. The predicted octanol–water partition coefficient (Wildman–Crippen LogP) is 2.53. The van der Waals surface area contributed by atoms with Gasteiger partial charge in [-0.3, -0.25) is 0 Å². The molecule has 0 saturated heterocycles. The van der Waals surface area contributed by atoms with E-state index in [0.29, 0.717) is 5.92 Å². The Morgan fingerprint density at radius 1 is 1.33 bits per heavy atom. The van der Waals surface area contributed by atoms with E-state index >= 15 is 0 Å². The Labute approximate surface area is 76.2 Å². The molecule has 0 radical (unpaired) electrons. The smallest absolute Gasteiger partial charge is 0 e. The average Bonchev–Trinajstić information content (AvgIpc) is 1.85. The maximum Gasteiger partial charge on any atom is 0 e. The van der Waals surface area contributed by atoms with E-state index in [1.54, 1.807) is 0 Å². The molecule has 0 N–H and O–H groups in total. The molecule has 0 fully saturated rings. The minimum Gasteiger partial charge on any atom is -0.0747 e. The number of rotatable bonds is 0. The minimum atomic E-state index is 0. The van der Waals surface area contributed by atoms with Gasteiger partial charge in [0, 0.05) is 26.2 Å². The van der Waals surface area contributed by atoms with Crippen molar-refractivity contribution in [1.82, 2.24) is 0 Å². The van der Waals surface area contributed by atoms with Gasteiger partial charge in [0.2, 0.25) is 0 Å². The first kappa shape index (κ1) is 9.36. The third kappa shape index (κ3) is 2.22. The summed E-state index contributed by atoms with van der Waals surface area (Å²) in [6.45, 7) is 6.55. The molecule has 1 aliphatic carbocycles. The fourth-order valence-electron chi connectivity index (χ4n) is 1.06. The molecule has 0 spiro atoms. The summed E-state index contributed by atoms with van der Waals surface area (Å²) in [5.74, 6) is 0.690. The van der Waals surface area contributed by atoms with Crippen molar-refractivity contribution in [2.45, 2.75) is 20.8 Å². The van der Waals surface area contributed by atoms with Crippen LogP contribution in [0.4, 0.5) is 0 Å². The van der Waals surface area contributed by atoms with E-state index in [4.69, 9.17) is 0 Å². The SMILES string of the molecule is CC1=CC(C)C(C)=C1.[Zr]. The van der Waals surface area contributed by atoms with Gasteiger partial charge in [-0.15, -0.1) is 0 Å². The van der Waals surface area contributed by atoms with Crippen molar-refractivity contribution in [2.24, 2.45) is 5.92 Å². The summed E-state index contributed by atoms with van der Waals surface area (Å²) < 4.78 is 0. The summed E-state index contributed by atoms with van der Waals surface area (Å²) in [6, 6.07) is 0. The van der Waals surface area contributed by atoms with E-state index < -0.39 is 0 Å². The maximum atomic E-state index is 2.29. The van der Waals surface area contributed by atoms with Crippen LogP contribution in [0.1, 0.15) is 20.8 Å². The van der Waals surface area contributed by atoms with Crippen molar-refractivity contribution in [3.63, 3.8) is 0 Å². The first-order valence-corrected chi connectivity index (χ1v) is 3.07. The van der Waals surface area contributed by atoms with E-state index in [2.05, 4.69) is 32.9 Å². The van der Waals surface area contributed by atoms with Crippen LogP contribution in [0, 0.1) is 5.92 Å². The molecule has 9 heavy (non-hydrogen) atoms. The molecule has 0 bridgehead atoms. The molecular formula is C8H12Zr. The van der Waals surface area contributed by atoms with Gasteiger partial charge in [-0.2, -0.15) is 0 Å². The minimum absolute atomic E-state index is 0. The molecule has 0 aromatic rings. The van der Waals surface area contributed by atoms with E-state index in [-0.39, 0.29) is 26.2 Å². The molecule has 0 aliphatic heterocycles. The maximum absolute atomic E-state index is 2.29. The summed E-state index contributed by atoms with van der Waals surface area (Å²) in [5.41, 5.74) is 2.90. The van der Waals surface area contributed by atoms with Gasteiger partial charge < -0.3 is 0 Å².